The number of hydrogen-bond donors (Lipinski definition) is 0. The first-order valence-electron chi connectivity index (χ1n) is 9.75. The molecule has 0 N–H and O–H groups in total. The van der Waals surface area contributed by atoms with E-state index in [1.54, 1.807) is 6.26 Å². The fraction of sp³-hybridized carbons (Fsp3) is 0.0800. The van der Waals surface area contributed by atoms with Crippen LogP contribution in [-0.4, -0.2) is 5.71 Å². The second kappa shape index (κ2) is 8.20. The number of hydrogen-bond acceptors (Lipinski definition) is 4. The number of benzene rings is 2. The van der Waals surface area contributed by atoms with Gasteiger partial charge in [0.05, 0.1) is 12.0 Å². The van der Waals surface area contributed by atoms with Crippen LogP contribution >= 0.6 is 15.9 Å². The first-order valence-corrected chi connectivity index (χ1v) is 10.5. The number of para-hydroxylation sites is 1. The third-order valence-corrected chi connectivity index (χ3v) is 5.55. The van der Waals surface area contributed by atoms with Crippen molar-refractivity contribution >= 4 is 39.5 Å². The molecular weight excluding hydrogens is 440 g/mol. The van der Waals surface area contributed by atoms with E-state index in [0.717, 1.165) is 38.7 Å². The molecule has 0 spiro atoms. The summed E-state index contributed by atoms with van der Waals surface area (Å²) < 4.78 is 12.8. The van der Waals surface area contributed by atoms with Gasteiger partial charge in [-0.3, -0.25) is 5.01 Å². The lowest BCUT2D eigenvalue weighted by molar-refractivity contribution is 0.464. The molecule has 3 heterocycles. The Kier molecular flexibility index (Phi) is 5.11. The molecule has 0 aliphatic carbocycles. The first kappa shape index (κ1) is 18.7. The zero-order valence-electron chi connectivity index (χ0n) is 16.1. The summed E-state index contributed by atoms with van der Waals surface area (Å²) in [5.74, 6) is 2.46. The van der Waals surface area contributed by atoms with Gasteiger partial charge >= 0.3 is 0 Å². The standard InChI is InChI=1S/C25H19BrN2O2/c26-19-11-8-18(9-12-19)10-13-21-14-15-24(30-21)22-17-23(25-7-4-16-29-25)28(27-22)20-5-2-1-3-6-20/h1-16,23H,17H2/b13-10+. The van der Waals surface area contributed by atoms with Crippen LogP contribution in [0.4, 0.5) is 5.69 Å². The zero-order valence-corrected chi connectivity index (χ0v) is 17.7. The summed E-state index contributed by atoms with van der Waals surface area (Å²) in [5.41, 5.74) is 3.04. The van der Waals surface area contributed by atoms with E-state index >= 15 is 0 Å². The molecule has 30 heavy (non-hydrogen) atoms. The number of hydrazone groups is 1. The van der Waals surface area contributed by atoms with Crippen molar-refractivity contribution in [1.29, 1.82) is 0 Å². The van der Waals surface area contributed by atoms with E-state index < -0.39 is 0 Å². The van der Waals surface area contributed by atoms with Gasteiger partial charge in [-0.1, -0.05) is 52.3 Å². The predicted octanol–water partition coefficient (Wildman–Crippen LogP) is 7.16. The third kappa shape index (κ3) is 3.89. The van der Waals surface area contributed by atoms with Crippen LogP contribution in [0.3, 0.4) is 0 Å². The van der Waals surface area contributed by atoms with Gasteiger partial charge in [-0.25, -0.2) is 0 Å². The Morgan fingerprint density at radius 1 is 0.900 bits per heavy atom. The summed E-state index contributed by atoms with van der Waals surface area (Å²) in [6, 6.07) is 26.1. The highest BCUT2D eigenvalue weighted by Gasteiger charge is 2.32. The molecule has 0 radical (unpaired) electrons. The molecule has 2 aromatic heterocycles. The highest BCUT2D eigenvalue weighted by Crippen LogP contribution is 2.37. The monoisotopic (exact) mass is 458 g/mol. The van der Waals surface area contributed by atoms with Gasteiger partial charge in [0.25, 0.3) is 0 Å². The maximum Gasteiger partial charge on any atom is 0.150 e. The maximum absolute atomic E-state index is 6.08. The lowest BCUT2D eigenvalue weighted by atomic mass is 10.1. The molecule has 0 fully saturated rings. The highest BCUT2D eigenvalue weighted by atomic mass is 79.9. The van der Waals surface area contributed by atoms with E-state index in [9.17, 15) is 0 Å². The van der Waals surface area contributed by atoms with E-state index in [-0.39, 0.29) is 6.04 Å². The Morgan fingerprint density at radius 2 is 1.73 bits per heavy atom. The summed E-state index contributed by atoms with van der Waals surface area (Å²) in [6.45, 7) is 0. The molecule has 148 valence electrons. The second-order valence-corrected chi connectivity index (χ2v) is 7.96. The Hall–Kier alpha value is -3.31. The first-order chi connectivity index (χ1) is 14.8. The van der Waals surface area contributed by atoms with E-state index in [1.165, 1.54) is 0 Å². The van der Waals surface area contributed by atoms with Crippen LogP contribution < -0.4 is 5.01 Å². The number of halogens is 1. The molecule has 2 aromatic carbocycles. The van der Waals surface area contributed by atoms with Crippen molar-refractivity contribution in [1.82, 2.24) is 0 Å². The Bertz CT molecular complexity index is 1180. The average Bonchev–Trinajstić information content (AvgIpc) is 3.54. The van der Waals surface area contributed by atoms with E-state index in [0.29, 0.717) is 6.42 Å². The molecular formula is C25H19BrN2O2. The minimum atomic E-state index is 0.00394. The SMILES string of the molecule is Brc1ccc(/C=C/c2ccc(C3=NN(c4ccccc4)C(c4ccco4)C3)o2)cc1. The summed E-state index contributed by atoms with van der Waals surface area (Å²) >= 11 is 3.46. The van der Waals surface area contributed by atoms with Gasteiger partial charge in [-0.15, -0.1) is 0 Å². The van der Waals surface area contributed by atoms with Gasteiger partial charge in [0.2, 0.25) is 0 Å². The molecule has 0 amide bonds. The topological polar surface area (TPSA) is 41.9 Å². The Morgan fingerprint density at radius 3 is 2.50 bits per heavy atom. The van der Waals surface area contributed by atoms with Crippen LogP contribution in [0.15, 0.2) is 104 Å². The van der Waals surface area contributed by atoms with Crippen LogP contribution in [-0.2, 0) is 0 Å². The number of anilines is 1. The van der Waals surface area contributed by atoms with Gasteiger partial charge in [0.1, 0.15) is 23.3 Å². The van der Waals surface area contributed by atoms with Gasteiger partial charge < -0.3 is 8.83 Å². The summed E-state index contributed by atoms with van der Waals surface area (Å²) in [4.78, 5) is 0. The molecule has 5 heteroatoms. The van der Waals surface area contributed by atoms with Crippen molar-refractivity contribution < 1.29 is 8.83 Å². The molecule has 0 saturated heterocycles. The largest absolute Gasteiger partial charge is 0.467 e. The molecule has 5 rings (SSSR count). The van der Waals surface area contributed by atoms with Gasteiger partial charge in [-0.05, 0) is 60.2 Å². The van der Waals surface area contributed by atoms with Crippen LogP contribution in [0.1, 0.15) is 35.3 Å². The number of rotatable bonds is 5. The lowest BCUT2D eigenvalue weighted by Gasteiger charge is -2.21. The van der Waals surface area contributed by atoms with Crippen molar-refractivity contribution in [2.45, 2.75) is 12.5 Å². The average molecular weight is 459 g/mol. The molecule has 0 saturated carbocycles. The minimum absolute atomic E-state index is 0.00394. The van der Waals surface area contributed by atoms with E-state index in [2.05, 4.69) is 40.2 Å². The summed E-state index contributed by atoms with van der Waals surface area (Å²) in [5, 5.41) is 6.88. The van der Waals surface area contributed by atoms with Crippen molar-refractivity contribution in [3.63, 3.8) is 0 Å². The maximum atomic E-state index is 6.08. The van der Waals surface area contributed by atoms with Crippen LogP contribution in [0.25, 0.3) is 12.2 Å². The predicted molar refractivity (Wildman–Crippen MR) is 123 cm³/mol. The molecule has 1 aliphatic rings. The quantitative estimate of drug-likeness (QED) is 0.318. The number of nitrogens with zero attached hydrogens (tertiary/aromatic N) is 2. The van der Waals surface area contributed by atoms with Crippen molar-refractivity contribution in [2.75, 3.05) is 5.01 Å². The molecule has 1 atom stereocenters. The Labute approximate surface area is 183 Å². The summed E-state index contributed by atoms with van der Waals surface area (Å²) in [6.07, 6.45) is 6.43. The third-order valence-electron chi connectivity index (χ3n) is 5.02. The fourth-order valence-corrected chi connectivity index (χ4v) is 3.79. The van der Waals surface area contributed by atoms with Crippen LogP contribution in [0.2, 0.25) is 0 Å². The lowest BCUT2D eigenvalue weighted by Crippen LogP contribution is -2.17. The van der Waals surface area contributed by atoms with E-state index in [1.807, 2.05) is 71.8 Å². The second-order valence-electron chi connectivity index (χ2n) is 7.05. The van der Waals surface area contributed by atoms with Gasteiger partial charge in [0.15, 0.2) is 5.76 Å². The van der Waals surface area contributed by atoms with Crippen LogP contribution in [0, 0.1) is 0 Å². The highest BCUT2D eigenvalue weighted by molar-refractivity contribution is 9.10. The van der Waals surface area contributed by atoms with E-state index in [4.69, 9.17) is 13.9 Å². The zero-order chi connectivity index (χ0) is 20.3. The van der Waals surface area contributed by atoms with Crippen molar-refractivity contribution in [3.8, 4) is 0 Å². The van der Waals surface area contributed by atoms with Crippen LogP contribution in [0.5, 0.6) is 0 Å². The van der Waals surface area contributed by atoms with Crippen molar-refractivity contribution in [2.24, 2.45) is 5.10 Å². The smallest absolute Gasteiger partial charge is 0.150 e. The minimum Gasteiger partial charge on any atom is -0.467 e. The van der Waals surface area contributed by atoms with Gasteiger partial charge in [0, 0.05) is 10.9 Å². The fourth-order valence-electron chi connectivity index (χ4n) is 3.53. The molecule has 4 nitrogen and oxygen atoms in total. The van der Waals surface area contributed by atoms with Gasteiger partial charge in [-0.2, -0.15) is 5.10 Å². The Balaban J connectivity index is 1.40. The molecule has 1 unspecified atom stereocenters. The molecule has 4 aromatic rings. The number of furan rings is 2. The molecule has 0 bridgehead atoms. The molecule has 1 aliphatic heterocycles. The normalized spacial score (nSPS) is 16.4. The van der Waals surface area contributed by atoms with Crippen molar-refractivity contribution in [3.05, 3.63) is 112 Å². The summed E-state index contributed by atoms with van der Waals surface area (Å²) in [7, 11) is 0.